The van der Waals surface area contributed by atoms with Crippen molar-refractivity contribution in [2.75, 3.05) is 4.90 Å². The van der Waals surface area contributed by atoms with Gasteiger partial charge in [0.2, 0.25) is 0 Å². The van der Waals surface area contributed by atoms with Crippen LogP contribution in [0.3, 0.4) is 0 Å². The lowest BCUT2D eigenvalue weighted by Crippen LogP contribution is -2.51. The average molecular weight is 960 g/mol. The largest absolute Gasteiger partial charge is 0.310 e. The number of allylic oxidation sites excluding steroid dienone is 12. The van der Waals surface area contributed by atoms with E-state index in [1.165, 1.54) is 128 Å². The van der Waals surface area contributed by atoms with Crippen molar-refractivity contribution in [3.63, 3.8) is 0 Å². The zero-order chi connectivity index (χ0) is 50.0. The summed E-state index contributed by atoms with van der Waals surface area (Å²) in [6.07, 6.45) is 0. The van der Waals surface area contributed by atoms with Crippen molar-refractivity contribution in [2.45, 2.75) is 0 Å². The molecule has 76 heavy (non-hydrogen) atoms. The first-order chi connectivity index (χ1) is 37.7. The van der Waals surface area contributed by atoms with Crippen LogP contribution in [0.2, 0.25) is 0 Å². The van der Waals surface area contributed by atoms with E-state index in [2.05, 4.69) is 235 Å². The van der Waals surface area contributed by atoms with Gasteiger partial charge in [-0.2, -0.15) is 10.5 Å². The maximum Gasteiger partial charge on any atom is 0.0992 e. The van der Waals surface area contributed by atoms with Gasteiger partial charge in [-0.05, 0) is 170 Å². The van der Waals surface area contributed by atoms with E-state index in [9.17, 15) is 10.5 Å². The predicted molar refractivity (Wildman–Crippen MR) is 306 cm³/mol. The molecular formula is C73H41N3. The van der Waals surface area contributed by atoms with E-state index in [1.54, 1.807) is 6.07 Å². The quantitative estimate of drug-likeness (QED) is 0.167. The van der Waals surface area contributed by atoms with Gasteiger partial charge in [0, 0.05) is 34.2 Å². The van der Waals surface area contributed by atoms with E-state index >= 15 is 0 Å². The summed E-state index contributed by atoms with van der Waals surface area (Å²) in [5.74, 6) is -0.387. The zero-order valence-corrected chi connectivity index (χ0v) is 41.0. The van der Waals surface area contributed by atoms with Crippen molar-refractivity contribution in [3.05, 3.63) is 325 Å². The van der Waals surface area contributed by atoms with Crippen molar-refractivity contribution in [3.8, 4) is 12.1 Å². The Labute approximate surface area is 440 Å². The molecule has 0 bridgehead atoms. The summed E-state index contributed by atoms with van der Waals surface area (Å²) < 4.78 is 0. The standard InChI is InChI=1S/C73H41N3/c74-40-42-37-43(41-75)39-46(38-42)59-64-51-31-15-13-29-49(51)60-57(44-21-5-1-6-22-44)62-53-33-17-19-35-55(53)66-70(62)73(68(60)64)69-61(50-30-14-16-32-52(50)65(59)69)58(45-23-7-2-8-24-45)63-54-34-18-20-36-56(54)67(71(63)73)72(66)76(47-25-9-3-10-26-47)48-27-11-4-12-28-48/h1-39,68,71H. The molecule has 17 rings (SSSR count). The van der Waals surface area contributed by atoms with Gasteiger partial charge in [0.25, 0.3) is 0 Å². The van der Waals surface area contributed by atoms with Gasteiger partial charge < -0.3 is 4.90 Å². The zero-order valence-electron chi connectivity index (χ0n) is 41.0. The summed E-state index contributed by atoms with van der Waals surface area (Å²) in [5, 5.41) is 24.1. The fourth-order valence-corrected chi connectivity index (χ4v) is 15.5. The van der Waals surface area contributed by atoms with E-state index in [0.29, 0.717) is 11.1 Å². The molecule has 8 aliphatic carbocycles. The molecule has 0 N–H and O–H groups in total. The fourth-order valence-electron chi connectivity index (χ4n) is 15.5. The van der Waals surface area contributed by atoms with Gasteiger partial charge in [0.1, 0.15) is 0 Å². The Kier molecular flexibility index (Phi) is 8.19. The van der Waals surface area contributed by atoms with E-state index in [1.807, 2.05) is 12.1 Å². The summed E-state index contributed by atoms with van der Waals surface area (Å²) in [6.45, 7) is 0. The van der Waals surface area contributed by atoms with Crippen molar-refractivity contribution < 1.29 is 0 Å². The number of hydrogen-bond acceptors (Lipinski definition) is 3. The molecule has 0 aromatic heterocycles. The van der Waals surface area contributed by atoms with Crippen LogP contribution < -0.4 is 15.3 Å². The lowest BCUT2D eigenvalue weighted by atomic mass is 9.41. The van der Waals surface area contributed by atoms with Crippen molar-refractivity contribution in [1.82, 2.24) is 0 Å². The van der Waals surface area contributed by atoms with E-state index in [4.69, 9.17) is 0 Å². The minimum absolute atomic E-state index is 0.181. The Morgan fingerprint density at radius 3 is 1.21 bits per heavy atom. The highest BCUT2D eigenvalue weighted by Crippen LogP contribution is 2.84. The molecule has 3 unspecified atom stereocenters. The van der Waals surface area contributed by atoms with Gasteiger partial charge in [-0.25, -0.2) is 0 Å². The van der Waals surface area contributed by atoms with Gasteiger partial charge >= 0.3 is 0 Å². The second kappa shape index (κ2) is 15.0. The Morgan fingerprint density at radius 1 is 0.316 bits per heavy atom. The molecule has 9 aromatic rings. The molecule has 8 aliphatic rings. The van der Waals surface area contributed by atoms with Gasteiger partial charge in [0.05, 0.1) is 29.0 Å². The molecule has 0 saturated heterocycles. The van der Waals surface area contributed by atoms with Gasteiger partial charge in [-0.1, -0.05) is 194 Å². The molecule has 0 radical (unpaired) electrons. The molecule has 348 valence electrons. The highest BCUT2D eigenvalue weighted by atomic mass is 15.2. The van der Waals surface area contributed by atoms with Gasteiger partial charge in [0.15, 0.2) is 0 Å². The highest BCUT2D eigenvalue weighted by molar-refractivity contribution is 6.40. The number of anilines is 2. The predicted octanol–water partition coefficient (Wildman–Crippen LogP) is 14.9. The first-order valence-corrected chi connectivity index (χ1v) is 26.3. The topological polar surface area (TPSA) is 50.8 Å². The third-order valence-corrected chi connectivity index (χ3v) is 17.7. The molecule has 0 saturated carbocycles. The van der Waals surface area contributed by atoms with Crippen LogP contribution in [-0.2, 0) is 0 Å². The number of nitrogens with zero attached hydrogens (tertiary/aromatic N) is 3. The second-order valence-corrected chi connectivity index (χ2v) is 21.1. The fraction of sp³-hybridized carbons (Fsp3) is 0.0411. The van der Waals surface area contributed by atoms with Crippen LogP contribution in [0.4, 0.5) is 11.4 Å². The monoisotopic (exact) mass is 959 g/mol. The summed E-state index contributed by atoms with van der Waals surface area (Å²) in [6, 6.07) is 92.0. The van der Waals surface area contributed by atoms with Crippen molar-refractivity contribution >= 4 is 72.7 Å². The van der Waals surface area contributed by atoms with Gasteiger partial charge in [-0.15, -0.1) is 0 Å². The second-order valence-electron chi connectivity index (χ2n) is 21.1. The molecule has 3 atom stereocenters. The summed E-state index contributed by atoms with van der Waals surface area (Å²) in [4.78, 5) is 2.58. The van der Waals surface area contributed by atoms with Crippen molar-refractivity contribution in [2.24, 2.45) is 17.3 Å². The Balaban J connectivity index is 1.19. The van der Waals surface area contributed by atoms with Crippen LogP contribution >= 0.6 is 0 Å². The van der Waals surface area contributed by atoms with Crippen LogP contribution in [0.25, 0.3) is 61.3 Å². The average Bonchev–Trinajstić information content (AvgIpc) is 4.42. The summed E-state index contributed by atoms with van der Waals surface area (Å²) in [7, 11) is 0. The Morgan fingerprint density at radius 2 is 0.697 bits per heavy atom. The molecule has 0 heterocycles. The van der Waals surface area contributed by atoms with Crippen LogP contribution in [-0.4, -0.2) is 0 Å². The SMILES string of the molecule is N#Cc1cc(C#N)cc(C2=C3c4ccccc4C4=C(c5ccccc5)C5=C6C(=C(N(c7ccccc7)c7ccccc7)C7=c8ccccc8=C8C(c9ccccc9)=C9C(=C2c2ccccc29)C6(C34)C87)c2ccccc25)c1. The number of benzene rings is 9. The molecule has 0 aliphatic heterocycles. The number of nitriles is 2. The number of hydrogen-bond donors (Lipinski definition) is 0. The number of para-hydroxylation sites is 2. The first-order valence-electron chi connectivity index (χ1n) is 26.3. The molecule has 0 fully saturated rings. The van der Waals surface area contributed by atoms with Crippen LogP contribution in [0.5, 0.6) is 0 Å². The van der Waals surface area contributed by atoms with E-state index in [0.717, 1.165) is 22.5 Å². The third kappa shape index (κ3) is 4.96. The lowest BCUT2D eigenvalue weighted by Gasteiger charge is -2.60. The molecular weight excluding hydrogens is 919 g/mol. The summed E-state index contributed by atoms with van der Waals surface area (Å²) >= 11 is 0. The maximum absolute atomic E-state index is 10.8. The number of rotatable bonds is 6. The maximum atomic E-state index is 10.8. The lowest BCUT2D eigenvalue weighted by molar-refractivity contribution is 0.350. The molecule has 0 amide bonds. The molecule has 9 aromatic carbocycles. The molecule has 3 nitrogen and oxygen atoms in total. The molecule has 3 heteroatoms. The van der Waals surface area contributed by atoms with E-state index < -0.39 is 5.41 Å². The van der Waals surface area contributed by atoms with Crippen molar-refractivity contribution in [1.29, 1.82) is 10.5 Å². The Hall–Kier alpha value is -10.1. The Bertz CT molecular complexity index is 4550. The highest BCUT2D eigenvalue weighted by Gasteiger charge is 2.71. The van der Waals surface area contributed by atoms with Crippen LogP contribution in [0.15, 0.2) is 253 Å². The number of fused-ring (bicyclic) bond motifs is 10. The molecule has 1 spiro atoms. The normalized spacial score (nSPS) is 20.0. The minimum atomic E-state index is -0.714. The third-order valence-electron chi connectivity index (χ3n) is 17.7. The van der Waals surface area contributed by atoms with Gasteiger partial charge in [-0.3, -0.25) is 0 Å². The smallest absolute Gasteiger partial charge is 0.0992 e. The van der Waals surface area contributed by atoms with Crippen LogP contribution in [0.1, 0.15) is 61.2 Å². The van der Waals surface area contributed by atoms with E-state index in [-0.39, 0.29) is 11.8 Å². The van der Waals surface area contributed by atoms with Crippen LogP contribution in [0, 0.1) is 39.9 Å². The summed E-state index contributed by atoms with van der Waals surface area (Å²) in [5.41, 5.74) is 31.0. The minimum Gasteiger partial charge on any atom is -0.310 e. The first kappa shape index (κ1) is 41.4.